The van der Waals surface area contributed by atoms with Gasteiger partial charge in [-0.1, -0.05) is 50.2 Å². The quantitative estimate of drug-likeness (QED) is 0.296. The molecule has 0 aliphatic heterocycles. The van der Waals surface area contributed by atoms with Gasteiger partial charge in [-0.05, 0) is 95.5 Å². The Morgan fingerprint density at radius 1 is 0.881 bits per heavy atom. The van der Waals surface area contributed by atoms with E-state index in [0.29, 0.717) is 23.6 Å². The first-order valence-electron chi connectivity index (χ1n) is 14.5. The van der Waals surface area contributed by atoms with Gasteiger partial charge in [-0.3, -0.25) is 14.4 Å². The molecule has 0 heterocycles. The molecule has 2 aromatic rings. The molecule has 0 saturated carbocycles. The third-order valence-corrected chi connectivity index (χ3v) is 7.03. The number of carbonyl (C=O) groups excluding carboxylic acids is 4. The van der Waals surface area contributed by atoms with Gasteiger partial charge in [0.1, 0.15) is 17.7 Å². The van der Waals surface area contributed by atoms with E-state index in [0.717, 1.165) is 23.1 Å². The highest BCUT2D eigenvalue weighted by Gasteiger charge is 2.40. The highest BCUT2D eigenvalue weighted by Crippen LogP contribution is 2.33. The molecule has 0 spiro atoms. The predicted octanol–water partition coefficient (Wildman–Crippen LogP) is 5.71. The van der Waals surface area contributed by atoms with Crippen molar-refractivity contribution in [3.05, 3.63) is 64.7 Å². The summed E-state index contributed by atoms with van der Waals surface area (Å²) < 4.78 is 5.39. The molecular weight excluding hydrogens is 532 g/mol. The number of hydrogen-bond acceptors (Lipinski definition) is 5. The van der Waals surface area contributed by atoms with Gasteiger partial charge in [-0.15, -0.1) is 0 Å². The van der Waals surface area contributed by atoms with E-state index in [-0.39, 0.29) is 0 Å². The molecule has 0 radical (unpaired) electrons. The number of para-hydroxylation sites is 1. The number of ether oxygens (including phenoxy) is 1. The summed E-state index contributed by atoms with van der Waals surface area (Å²) >= 11 is 0. The van der Waals surface area contributed by atoms with Crippen LogP contribution in [0.25, 0.3) is 0 Å². The first kappa shape index (κ1) is 34.3. The van der Waals surface area contributed by atoms with Gasteiger partial charge in [0.15, 0.2) is 0 Å². The minimum atomic E-state index is -1.34. The topological polar surface area (TPSA) is 131 Å². The van der Waals surface area contributed by atoms with E-state index in [4.69, 9.17) is 10.5 Å². The second-order valence-electron chi connectivity index (χ2n) is 12.4. The van der Waals surface area contributed by atoms with Crippen LogP contribution in [0.2, 0.25) is 0 Å². The highest BCUT2D eigenvalue weighted by molar-refractivity contribution is 6.00. The lowest BCUT2D eigenvalue weighted by Crippen LogP contribution is -2.56. The minimum absolute atomic E-state index is 0.352. The van der Waals surface area contributed by atoms with Crippen LogP contribution in [0, 0.1) is 26.7 Å². The zero-order chi connectivity index (χ0) is 31.8. The normalized spacial score (nSPS) is 13.6. The zero-order valence-electron chi connectivity index (χ0n) is 26.5. The number of amides is 4. The summed E-state index contributed by atoms with van der Waals surface area (Å²) in [5, 5.41) is 5.59. The van der Waals surface area contributed by atoms with Crippen molar-refractivity contribution in [1.29, 1.82) is 0 Å². The van der Waals surface area contributed by atoms with Crippen LogP contribution >= 0.6 is 0 Å². The van der Waals surface area contributed by atoms with Gasteiger partial charge in [0.05, 0.1) is 6.42 Å². The fourth-order valence-corrected chi connectivity index (χ4v) is 4.91. The van der Waals surface area contributed by atoms with Crippen LogP contribution < -0.4 is 16.4 Å². The Labute approximate surface area is 250 Å². The number of alkyl carbamates (subject to hydrolysis) is 1. The average molecular weight is 581 g/mol. The Bertz CT molecular complexity index is 1250. The molecule has 0 aromatic heterocycles. The van der Waals surface area contributed by atoms with Crippen molar-refractivity contribution in [2.45, 2.75) is 105 Å². The molecule has 3 atom stereocenters. The summed E-state index contributed by atoms with van der Waals surface area (Å²) in [5.74, 6) is -1.41. The molecule has 9 nitrogen and oxygen atoms in total. The lowest BCUT2D eigenvalue weighted by Gasteiger charge is -2.39. The van der Waals surface area contributed by atoms with Crippen molar-refractivity contribution in [2.24, 2.45) is 11.7 Å². The van der Waals surface area contributed by atoms with Gasteiger partial charge in [0.25, 0.3) is 5.91 Å². The van der Waals surface area contributed by atoms with Gasteiger partial charge in [0, 0.05) is 11.7 Å². The number of anilines is 1. The molecule has 4 amide bonds. The van der Waals surface area contributed by atoms with Crippen LogP contribution in [0.4, 0.5) is 10.5 Å². The molecule has 0 bridgehead atoms. The minimum Gasteiger partial charge on any atom is -0.444 e. The SMILES string of the molecule is Cc1ccccc1NC(=O)C(c1c(C)cccc1C)N(C(=O)C(CC(N)=O)NC(=O)OC(C)(C)C)C(C)CCC(C)C. The number of nitrogens with one attached hydrogen (secondary N) is 2. The van der Waals surface area contributed by atoms with Crippen LogP contribution in [-0.4, -0.2) is 46.4 Å². The van der Waals surface area contributed by atoms with E-state index in [1.807, 2.05) is 70.2 Å². The van der Waals surface area contributed by atoms with Gasteiger partial charge < -0.3 is 26.0 Å². The number of nitrogens with zero attached hydrogens (tertiary/aromatic N) is 1. The molecule has 0 aliphatic rings. The molecular formula is C33H48N4O5. The monoisotopic (exact) mass is 580 g/mol. The maximum absolute atomic E-state index is 14.5. The number of aryl methyl sites for hydroxylation is 3. The molecule has 0 aliphatic carbocycles. The fourth-order valence-electron chi connectivity index (χ4n) is 4.91. The Hall–Kier alpha value is -3.88. The second-order valence-corrected chi connectivity index (χ2v) is 12.4. The van der Waals surface area contributed by atoms with Crippen molar-refractivity contribution in [3.63, 3.8) is 0 Å². The van der Waals surface area contributed by atoms with Crippen LogP contribution in [0.3, 0.4) is 0 Å². The van der Waals surface area contributed by atoms with Gasteiger partial charge in [0.2, 0.25) is 11.8 Å². The molecule has 0 saturated heterocycles. The molecule has 9 heteroatoms. The van der Waals surface area contributed by atoms with E-state index >= 15 is 0 Å². The van der Waals surface area contributed by atoms with E-state index in [2.05, 4.69) is 24.5 Å². The van der Waals surface area contributed by atoms with E-state index in [9.17, 15) is 19.2 Å². The molecule has 2 rings (SSSR count). The number of benzene rings is 2. The van der Waals surface area contributed by atoms with E-state index in [1.54, 1.807) is 20.8 Å². The standard InChI is InChI=1S/C33H48N4O5/c1-20(2)17-18-24(6)37(31(40)26(19-27(34)38)36-32(41)42-33(7,8)9)29(28-22(4)14-12-15-23(28)5)30(39)35-25-16-11-10-13-21(25)3/h10-16,20,24,26,29H,17-19H2,1-9H3,(H2,34,38)(H,35,39)(H,36,41). The third-order valence-electron chi connectivity index (χ3n) is 7.03. The van der Waals surface area contributed by atoms with Crippen LogP contribution in [-0.2, 0) is 19.1 Å². The van der Waals surface area contributed by atoms with Crippen LogP contribution in [0.5, 0.6) is 0 Å². The fraction of sp³-hybridized carbons (Fsp3) is 0.515. The molecule has 2 aromatic carbocycles. The first-order chi connectivity index (χ1) is 19.5. The maximum atomic E-state index is 14.5. The maximum Gasteiger partial charge on any atom is 0.408 e. The van der Waals surface area contributed by atoms with Crippen molar-refractivity contribution < 1.29 is 23.9 Å². The summed E-state index contributed by atoms with van der Waals surface area (Å²) in [6.07, 6.45) is 0.0803. The summed E-state index contributed by atoms with van der Waals surface area (Å²) in [6, 6.07) is 10.3. The number of nitrogens with two attached hydrogens (primary N) is 1. The van der Waals surface area contributed by atoms with Crippen LogP contribution in [0.1, 0.15) is 89.1 Å². The largest absolute Gasteiger partial charge is 0.444 e. The number of carbonyl (C=O) groups is 4. The summed E-state index contributed by atoms with van der Waals surface area (Å²) in [7, 11) is 0. The molecule has 230 valence electrons. The second kappa shape index (κ2) is 14.8. The smallest absolute Gasteiger partial charge is 0.408 e. The van der Waals surface area contributed by atoms with Gasteiger partial charge in [-0.2, -0.15) is 0 Å². The Morgan fingerprint density at radius 3 is 1.98 bits per heavy atom. The van der Waals surface area contributed by atoms with Gasteiger partial charge >= 0.3 is 6.09 Å². The Morgan fingerprint density at radius 2 is 1.45 bits per heavy atom. The van der Waals surface area contributed by atoms with Crippen LogP contribution in [0.15, 0.2) is 42.5 Å². The summed E-state index contributed by atoms with van der Waals surface area (Å²) in [6.45, 7) is 16.9. The van der Waals surface area contributed by atoms with E-state index in [1.165, 1.54) is 4.90 Å². The number of hydrogen-bond donors (Lipinski definition) is 3. The molecule has 0 fully saturated rings. The zero-order valence-corrected chi connectivity index (χ0v) is 26.5. The number of primary amides is 1. The Kier molecular flexibility index (Phi) is 12.1. The van der Waals surface area contributed by atoms with E-state index < -0.39 is 54.0 Å². The first-order valence-corrected chi connectivity index (χ1v) is 14.5. The molecule has 42 heavy (non-hydrogen) atoms. The molecule has 4 N–H and O–H groups in total. The lowest BCUT2D eigenvalue weighted by molar-refractivity contribution is -0.144. The summed E-state index contributed by atoms with van der Waals surface area (Å²) in [5.41, 5.74) is 8.56. The van der Waals surface area contributed by atoms with Gasteiger partial charge in [-0.25, -0.2) is 4.79 Å². The van der Waals surface area contributed by atoms with Crippen molar-refractivity contribution in [1.82, 2.24) is 10.2 Å². The highest BCUT2D eigenvalue weighted by atomic mass is 16.6. The van der Waals surface area contributed by atoms with Crippen molar-refractivity contribution >= 4 is 29.5 Å². The molecule has 3 unspecified atom stereocenters. The third kappa shape index (κ3) is 9.89. The van der Waals surface area contributed by atoms with Crippen molar-refractivity contribution in [2.75, 3.05) is 5.32 Å². The average Bonchev–Trinajstić information content (AvgIpc) is 2.85. The van der Waals surface area contributed by atoms with Crippen molar-refractivity contribution in [3.8, 4) is 0 Å². The summed E-state index contributed by atoms with van der Waals surface area (Å²) in [4.78, 5) is 55.2. The Balaban J connectivity index is 2.72. The lowest BCUT2D eigenvalue weighted by atomic mass is 9.91. The predicted molar refractivity (Wildman–Crippen MR) is 166 cm³/mol. The number of rotatable bonds is 12.